The molecule has 0 spiro atoms. The maximum atomic E-state index is 5.44. The molecule has 21 heavy (non-hydrogen) atoms. The maximum absolute atomic E-state index is 5.44. The molecular formula is C17H18N2OS. The van der Waals surface area contributed by atoms with Crippen molar-refractivity contribution in [1.29, 1.82) is 0 Å². The first-order valence-corrected chi connectivity index (χ1v) is 7.50. The van der Waals surface area contributed by atoms with E-state index in [1.807, 2.05) is 18.2 Å². The average molecular weight is 298 g/mol. The molecule has 0 unspecified atom stereocenters. The number of benzene rings is 2. The molecular weight excluding hydrogens is 280 g/mol. The third-order valence-electron chi connectivity index (χ3n) is 3.68. The van der Waals surface area contributed by atoms with Gasteiger partial charge in [-0.3, -0.25) is 0 Å². The normalized spacial score (nSPS) is 10.9. The zero-order valence-corrected chi connectivity index (χ0v) is 12.8. The molecule has 0 atom stereocenters. The van der Waals surface area contributed by atoms with Crippen molar-refractivity contribution in [1.82, 2.24) is 9.55 Å². The molecule has 0 fully saturated rings. The van der Waals surface area contributed by atoms with Gasteiger partial charge in [0.1, 0.15) is 11.3 Å². The van der Waals surface area contributed by atoms with Crippen molar-refractivity contribution in [2.45, 2.75) is 19.4 Å². The van der Waals surface area contributed by atoms with E-state index >= 15 is 0 Å². The van der Waals surface area contributed by atoms with Crippen molar-refractivity contribution >= 4 is 23.3 Å². The predicted octanol–water partition coefficient (Wildman–Crippen LogP) is 4.34. The van der Waals surface area contributed by atoms with Gasteiger partial charge in [-0.1, -0.05) is 36.4 Å². The summed E-state index contributed by atoms with van der Waals surface area (Å²) in [5, 5.41) is 0. The number of aromatic amines is 1. The van der Waals surface area contributed by atoms with Gasteiger partial charge in [0.25, 0.3) is 0 Å². The summed E-state index contributed by atoms with van der Waals surface area (Å²) in [6, 6.07) is 16.6. The summed E-state index contributed by atoms with van der Waals surface area (Å²) in [6.07, 6.45) is 2.11. The molecule has 1 aromatic heterocycles. The van der Waals surface area contributed by atoms with E-state index in [0.717, 1.165) is 40.9 Å². The SMILES string of the molecule is COc1cccc2c1[nH]c(=S)n2CCCc1ccccc1. The Hall–Kier alpha value is -2.07. The first-order valence-electron chi connectivity index (χ1n) is 7.09. The van der Waals surface area contributed by atoms with Crippen LogP contribution in [0.3, 0.4) is 0 Å². The van der Waals surface area contributed by atoms with Crippen molar-refractivity contribution in [3.8, 4) is 5.75 Å². The van der Waals surface area contributed by atoms with E-state index in [0.29, 0.717) is 0 Å². The molecule has 0 radical (unpaired) electrons. The molecule has 3 nitrogen and oxygen atoms in total. The fourth-order valence-electron chi connectivity index (χ4n) is 2.63. The summed E-state index contributed by atoms with van der Waals surface area (Å²) in [5.74, 6) is 0.834. The van der Waals surface area contributed by atoms with Gasteiger partial charge in [0.2, 0.25) is 0 Å². The topological polar surface area (TPSA) is 29.9 Å². The van der Waals surface area contributed by atoms with Gasteiger partial charge >= 0.3 is 0 Å². The molecule has 3 aromatic rings. The summed E-state index contributed by atoms with van der Waals surface area (Å²) in [7, 11) is 1.68. The highest BCUT2D eigenvalue weighted by molar-refractivity contribution is 7.71. The quantitative estimate of drug-likeness (QED) is 0.710. The van der Waals surface area contributed by atoms with Gasteiger partial charge in [-0.15, -0.1) is 0 Å². The van der Waals surface area contributed by atoms with Crippen molar-refractivity contribution in [3.63, 3.8) is 0 Å². The lowest BCUT2D eigenvalue weighted by molar-refractivity contribution is 0.419. The van der Waals surface area contributed by atoms with Crippen LogP contribution in [0, 0.1) is 4.77 Å². The van der Waals surface area contributed by atoms with Crippen LogP contribution in [0.25, 0.3) is 11.0 Å². The summed E-state index contributed by atoms with van der Waals surface area (Å²) >= 11 is 5.44. The number of para-hydroxylation sites is 1. The molecule has 1 heterocycles. The lowest BCUT2D eigenvalue weighted by Crippen LogP contribution is -1.99. The lowest BCUT2D eigenvalue weighted by Gasteiger charge is -2.06. The van der Waals surface area contributed by atoms with Gasteiger partial charge in [0, 0.05) is 6.54 Å². The van der Waals surface area contributed by atoms with Crippen molar-refractivity contribution in [2.75, 3.05) is 7.11 Å². The van der Waals surface area contributed by atoms with Crippen molar-refractivity contribution in [3.05, 3.63) is 58.9 Å². The number of fused-ring (bicyclic) bond motifs is 1. The number of ether oxygens (including phenoxy) is 1. The van der Waals surface area contributed by atoms with Crippen molar-refractivity contribution < 1.29 is 4.74 Å². The number of hydrogen-bond acceptors (Lipinski definition) is 2. The molecule has 0 aliphatic heterocycles. The van der Waals surface area contributed by atoms with Crippen LogP contribution >= 0.6 is 12.2 Å². The molecule has 0 aliphatic carbocycles. The number of hydrogen-bond donors (Lipinski definition) is 1. The number of imidazole rings is 1. The van der Waals surface area contributed by atoms with Crippen LogP contribution in [0.15, 0.2) is 48.5 Å². The third-order valence-corrected chi connectivity index (χ3v) is 4.00. The summed E-state index contributed by atoms with van der Waals surface area (Å²) < 4.78 is 8.28. The number of rotatable bonds is 5. The molecule has 0 amide bonds. The Morgan fingerprint density at radius 2 is 1.90 bits per heavy atom. The first kappa shape index (κ1) is 13.9. The number of H-pyrrole nitrogens is 1. The molecule has 4 heteroatoms. The van der Waals surface area contributed by atoms with Crippen molar-refractivity contribution in [2.24, 2.45) is 0 Å². The Balaban J connectivity index is 1.81. The monoisotopic (exact) mass is 298 g/mol. The van der Waals surface area contributed by atoms with E-state index in [4.69, 9.17) is 17.0 Å². The lowest BCUT2D eigenvalue weighted by atomic mass is 10.1. The van der Waals surface area contributed by atoms with Gasteiger partial charge in [0.05, 0.1) is 12.6 Å². The number of nitrogens with one attached hydrogen (secondary N) is 1. The van der Waals surface area contributed by atoms with E-state index in [2.05, 4.69) is 39.9 Å². The summed E-state index contributed by atoms with van der Waals surface area (Å²) in [5.41, 5.74) is 3.44. The van der Waals surface area contributed by atoms with E-state index in [-0.39, 0.29) is 0 Å². The van der Waals surface area contributed by atoms with E-state index in [1.165, 1.54) is 5.56 Å². The summed E-state index contributed by atoms with van der Waals surface area (Å²) in [6.45, 7) is 0.904. The number of nitrogens with zero attached hydrogens (tertiary/aromatic N) is 1. The molecule has 1 N–H and O–H groups in total. The van der Waals surface area contributed by atoms with Gasteiger partial charge < -0.3 is 14.3 Å². The molecule has 3 rings (SSSR count). The highest BCUT2D eigenvalue weighted by atomic mass is 32.1. The smallest absolute Gasteiger partial charge is 0.178 e. The second-order valence-corrected chi connectivity index (χ2v) is 5.41. The predicted molar refractivity (Wildman–Crippen MR) is 88.4 cm³/mol. The van der Waals surface area contributed by atoms with E-state index in [1.54, 1.807) is 7.11 Å². The van der Waals surface area contributed by atoms with Gasteiger partial charge in [-0.05, 0) is 42.8 Å². The Morgan fingerprint density at radius 1 is 1.10 bits per heavy atom. The molecule has 2 aromatic carbocycles. The van der Waals surface area contributed by atoms with Crippen LogP contribution < -0.4 is 4.74 Å². The molecule has 0 aliphatic rings. The molecule has 0 saturated heterocycles. The van der Waals surface area contributed by atoms with E-state index in [9.17, 15) is 0 Å². The minimum atomic E-state index is 0.752. The molecule has 108 valence electrons. The fraction of sp³-hybridized carbons (Fsp3) is 0.235. The standard InChI is InChI=1S/C17H18N2OS/c1-20-15-11-5-10-14-16(15)18-17(21)19(14)12-6-9-13-7-3-2-4-8-13/h2-5,7-8,10-11H,6,9,12H2,1H3,(H,18,21). The highest BCUT2D eigenvalue weighted by Crippen LogP contribution is 2.24. The highest BCUT2D eigenvalue weighted by Gasteiger charge is 2.08. The Morgan fingerprint density at radius 3 is 2.67 bits per heavy atom. The Bertz CT molecular complexity index is 789. The second kappa shape index (κ2) is 6.14. The number of aryl methyl sites for hydroxylation is 2. The maximum Gasteiger partial charge on any atom is 0.178 e. The molecule has 0 saturated carbocycles. The number of methoxy groups -OCH3 is 1. The Kier molecular flexibility index (Phi) is 4.06. The zero-order valence-electron chi connectivity index (χ0n) is 12.0. The van der Waals surface area contributed by atoms with Crippen LogP contribution in [-0.4, -0.2) is 16.7 Å². The zero-order chi connectivity index (χ0) is 14.7. The third kappa shape index (κ3) is 2.85. The van der Waals surface area contributed by atoms with Gasteiger partial charge in [-0.25, -0.2) is 0 Å². The van der Waals surface area contributed by atoms with Crippen LogP contribution in [0.1, 0.15) is 12.0 Å². The Labute approximate surface area is 129 Å². The van der Waals surface area contributed by atoms with Gasteiger partial charge in [-0.2, -0.15) is 0 Å². The second-order valence-electron chi connectivity index (χ2n) is 5.03. The van der Waals surface area contributed by atoms with Crippen LogP contribution in [0.5, 0.6) is 5.75 Å². The molecule has 0 bridgehead atoms. The largest absolute Gasteiger partial charge is 0.494 e. The van der Waals surface area contributed by atoms with Crippen LogP contribution in [-0.2, 0) is 13.0 Å². The van der Waals surface area contributed by atoms with Gasteiger partial charge in [0.15, 0.2) is 4.77 Å². The van der Waals surface area contributed by atoms with Crippen LogP contribution in [0.4, 0.5) is 0 Å². The minimum absolute atomic E-state index is 0.752. The van der Waals surface area contributed by atoms with Crippen LogP contribution in [0.2, 0.25) is 0 Å². The minimum Gasteiger partial charge on any atom is -0.494 e. The first-order chi connectivity index (χ1) is 10.3. The summed E-state index contributed by atoms with van der Waals surface area (Å²) in [4.78, 5) is 3.25. The number of aromatic nitrogens is 2. The van der Waals surface area contributed by atoms with E-state index < -0.39 is 0 Å². The fourth-order valence-corrected chi connectivity index (χ4v) is 2.92. The average Bonchev–Trinajstić information content (AvgIpc) is 2.84.